The van der Waals surface area contributed by atoms with Gasteiger partial charge in [0.1, 0.15) is 11.2 Å². The zero-order chi connectivity index (χ0) is 80.3. The predicted octanol–water partition coefficient (Wildman–Crippen LogP) is 28.6. The van der Waals surface area contributed by atoms with Crippen LogP contribution in [0.4, 0.5) is 0 Å². The van der Waals surface area contributed by atoms with Gasteiger partial charge in [0.2, 0.25) is 0 Å². The van der Waals surface area contributed by atoms with Gasteiger partial charge >= 0.3 is 7.12 Å². The van der Waals surface area contributed by atoms with Crippen LogP contribution in [0.2, 0.25) is 0 Å². The van der Waals surface area contributed by atoms with Crippen molar-refractivity contribution in [2.75, 3.05) is 0 Å². The van der Waals surface area contributed by atoms with E-state index in [1.807, 2.05) is 54.6 Å². The Kier molecular flexibility index (Phi) is 19.2. The summed E-state index contributed by atoms with van der Waals surface area (Å²) in [4.78, 5) is 3.53. The standard InChI is InChI=1S/C31H21N.C30H20N2.C18H12BrN.C18H11BrO.C13H11BO2/c1-2-9-25(10-3-1)32-30-13-7-6-12-27(30)29-20-22(16-17-31(29)32)21-14-15-24-18-23-8-4-5-11-26(23)28(24)19-21;1-2-8-22(9-3-1)32-29-13-7-5-11-24(29)26-19-21(15-17-30(26)32)20-14-16-28-25(18-20)23-10-4-6-12-27(23)31-28;19-13-10-11-18-16(12-13)15-8-4-5-9-17(15)20(18)14-6-2-1-3-7-14;19-14-8-5-12(6-9-14)13-7-10-18-16(11-13)15-3-1-2-4-17(15)20-18;15-14(16)11-6-5-10-7-9-3-1-2-4-12(9)13(10)8-11/h1-17,19-20H,18H2;1-19,31H;1-12H;1-11H;1-6,8,15-16H,7H2. The molecule has 10 heteroatoms. The molecule has 2 aliphatic carbocycles. The van der Waals surface area contributed by atoms with Gasteiger partial charge in [-0.1, -0.05) is 293 Å². The molecule has 0 fully saturated rings. The first-order valence-electron chi connectivity index (χ1n) is 40.5. The summed E-state index contributed by atoms with van der Waals surface area (Å²) in [7, 11) is -1.39. The highest BCUT2D eigenvalue weighted by Crippen LogP contribution is 2.44. The zero-order valence-electron chi connectivity index (χ0n) is 65.2. The maximum absolute atomic E-state index is 9.16. The molecule has 0 aliphatic heterocycles. The first-order chi connectivity index (χ1) is 59.1. The molecule has 7 nitrogen and oxygen atoms in total. The average molecular weight is 1670 g/mol. The number of hydrogen-bond acceptors (Lipinski definition) is 3. The van der Waals surface area contributed by atoms with Gasteiger partial charge in [-0.15, -0.1) is 0 Å². The molecule has 0 amide bonds. The number of benzene rings is 18. The van der Waals surface area contributed by atoms with Gasteiger partial charge in [0.05, 0.1) is 33.1 Å². The van der Waals surface area contributed by atoms with Crippen molar-refractivity contribution in [3.8, 4) is 72.7 Å². The molecule has 3 N–H and O–H groups in total. The smallest absolute Gasteiger partial charge is 0.456 e. The van der Waals surface area contributed by atoms with Crippen LogP contribution in [-0.4, -0.2) is 35.9 Å². The predicted molar refractivity (Wildman–Crippen MR) is 510 cm³/mol. The molecule has 0 radical (unpaired) electrons. The highest BCUT2D eigenvalue weighted by Gasteiger charge is 2.24. The number of aromatic amines is 1. The van der Waals surface area contributed by atoms with Gasteiger partial charge in [-0.05, 0) is 248 Å². The Morgan fingerprint density at radius 2 is 0.600 bits per heavy atom. The first kappa shape index (κ1) is 73.5. The van der Waals surface area contributed by atoms with Gasteiger partial charge in [0, 0.05) is 90.9 Å². The number of rotatable bonds is 7. The van der Waals surface area contributed by atoms with Gasteiger partial charge in [-0.25, -0.2) is 0 Å². The molecule has 0 spiro atoms. The third-order valence-electron chi connectivity index (χ3n) is 23.7. The lowest BCUT2D eigenvalue weighted by molar-refractivity contribution is 0.426. The molecule has 23 aromatic rings. The molecule has 0 atom stereocenters. The highest BCUT2D eigenvalue weighted by molar-refractivity contribution is 9.10. The normalized spacial score (nSPS) is 11.8. The third kappa shape index (κ3) is 13.7. The molecule has 120 heavy (non-hydrogen) atoms. The van der Waals surface area contributed by atoms with Gasteiger partial charge in [-0.2, -0.15) is 0 Å². The Balaban J connectivity index is 0.0000000952. The zero-order valence-corrected chi connectivity index (χ0v) is 68.3. The van der Waals surface area contributed by atoms with E-state index in [-0.39, 0.29) is 0 Å². The fourth-order valence-corrected chi connectivity index (χ4v) is 18.6. The van der Waals surface area contributed by atoms with Crippen LogP contribution in [-0.2, 0) is 12.8 Å². The molecule has 0 saturated heterocycles. The number of aromatic nitrogens is 4. The van der Waals surface area contributed by atoms with Crippen molar-refractivity contribution in [2.24, 2.45) is 0 Å². The topological polar surface area (TPSA) is 84.2 Å². The van der Waals surface area contributed by atoms with Gasteiger partial charge in [0.25, 0.3) is 0 Å². The van der Waals surface area contributed by atoms with E-state index in [4.69, 9.17) is 14.5 Å². The summed E-state index contributed by atoms with van der Waals surface area (Å²) < 4.78 is 15.1. The van der Waals surface area contributed by atoms with E-state index in [9.17, 15) is 0 Å². The average Bonchev–Trinajstić information content (AvgIpc) is 1.60. The van der Waals surface area contributed by atoms with Crippen molar-refractivity contribution in [3.05, 3.63) is 444 Å². The van der Waals surface area contributed by atoms with E-state index in [0.29, 0.717) is 5.46 Å². The number of nitrogens with zero attached hydrogens (tertiary/aromatic N) is 3. The Labute approximate surface area is 710 Å². The lowest BCUT2D eigenvalue weighted by atomic mass is 9.79. The van der Waals surface area contributed by atoms with E-state index < -0.39 is 7.12 Å². The number of halogens is 2. The molecule has 0 unspecified atom stereocenters. The molecular formula is C110H75BBr2N4O3. The van der Waals surface area contributed by atoms with E-state index in [1.165, 1.54) is 187 Å². The Morgan fingerprint density at radius 3 is 1.16 bits per heavy atom. The van der Waals surface area contributed by atoms with E-state index in [1.54, 1.807) is 6.07 Å². The lowest BCUT2D eigenvalue weighted by Crippen LogP contribution is -2.29. The maximum Gasteiger partial charge on any atom is 0.488 e. The van der Waals surface area contributed by atoms with Crippen molar-refractivity contribution < 1.29 is 14.5 Å². The minimum absolute atomic E-state index is 0.551. The van der Waals surface area contributed by atoms with Gasteiger partial charge < -0.3 is 33.2 Å². The second-order valence-corrected chi connectivity index (χ2v) is 32.6. The molecule has 5 aromatic heterocycles. The third-order valence-corrected chi connectivity index (χ3v) is 24.7. The number of para-hydroxylation sites is 8. The summed E-state index contributed by atoms with van der Waals surface area (Å²) in [5.74, 6) is 0. The summed E-state index contributed by atoms with van der Waals surface area (Å²) in [6.45, 7) is 0. The van der Waals surface area contributed by atoms with Crippen molar-refractivity contribution in [3.63, 3.8) is 0 Å². The molecule has 5 heterocycles. The minimum atomic E-state index is -1.39. The lowest BCUT2D eigenvalue weighted by Gasteiger charge is -2.09. The SMILES string of the molecule is Brc1ccc(-c2ccc3oc4ccccc4c3c2)cc1.Brc1ccc2c(c1)c1ccccc1n2-c1ccccc1.OB(O)c1ccc2c(c1)-c1ccccc1C2.c1ccc(-n2c3ccccc3c3cc(-c4ccc5[nH]c6ccccc6c5c4)ccc32)cc1.c1ccc(-n2c3ccccc3c3cc(-c4ccc5c(c4)-c4ccccc4C5)ccc32)cc1. The Hall–Kier alpha value is -14.1. The maximum atomic E-state index is 9.16. The number of H-pyrrole nitrogens is 1. The van der Waals surface area contributed by atoms with Crippen LogP contribution in [0.15, 0.2) is 426 Å². The van der Waals surface area contributed by atoms with Crippen LogP contribution in [0.3, 0.4) is 0 Å². The van der Waals surface area contributed by atoms with Crippen LogP contribution in [0.5, 0.6) is 0 Å². The molecule has 570 valence electrons. The fourth-order valence-electron chi connectivity index (χ4n) is 18.0. The second kappa shape index (κ2) is 31.4. The van der Waals surface area contributed by atoms with Gasteiger partial charge in [-0.3, -0.25) is 0 Å². The summed E-state index contributed by atoms with van der Waals surface area (Å²) in [5, 5.41) is 30.9. The Bertz CT molecular complexity index is 7860. The quantitative estimate of drug-likeness (QED) is 0.139. The number of hydrogen-bond donors (Lipinski definition) is 3. The summed E-state index contributed by atoms with van der Waals surface area (Å²) in [6.07, 6.45) is 1.97. The molecular weight excluding hydrogens is 1600 g/mol. The van der Waals surface area contributed by atoms with Crippen molar-refractivity contribution >= 4 is 154 Å². The minimum Gasteiger partial charge on any atom is -0.456 e. The van der Waals surface area contributed by atoms with Crippen LogP contribution in [0, 0.1) is 0 Å². The van der Waals surface area contributed by atoms with E-state index in [0.717, 1.165) is 38.5 Å². The van der Waals surface area contributed by atoms with Crippen molar-refractivity contribution in [1.29, 1.82) is 0 Å². The second-order valence-electron chi connectivity index (χ2n) is 30.8. The van der Waals surface area contributed by atoms with Crippen LogP contribution < -0.4 is 5.46 Å². The highest BCUT2D eigenvalue weighted by atomic mass is 79.9. The van der Waals surface area contributed by atoms with Crippen LogP contribution in [0.25, 0.3) is 182 Å². The van der Waals surface area contributed by atoms with Crippen molar-refractivity contribution in [2.45, 2.75) is 12.8 Å². The summed E-state index contributed by atoms with van der Waals surface area (Å²) in [5.41, 5.74) is 33.7. The summed E-state index contributed by atoms with van der Waals surface area (Å²) in [6, 6.07) is 146. The Morgan fingerprint density at radius 1 is 0.242 bits per heavy atom. The molecule has 2 aliphatic rings. The van der Waals surface area contributed by atoms with Crippen LogP contribution >= 0.6 is 31.9 Å². The van der Waals surface area contributed by atoms with Crippen molar-refractivity contribution in [1.82, 2.24) is 18.7 Å². The first-order valence-corrected chi connectivity index (χ1v) is 42.1. The largest absolute Gasteiger partial charge is 0.488 e. The number of furan rings is 1. The monoisotopic (exact) mass is 1670 g/mol. The fraction of sp³-hybridized carbons (Fsp3) is 0.0182. The van der Waals surface area contributed by atoms with E-state index in [2.05, 4.69) is 402 Å². The molecule has 0 bridgehead atoms. The van der Waals surface area contributed by atoms with E-state index >= 15 is 0 Å². The molecule has 0 saturated carbocycles. The summed E-state index contributed by atoms with van der Waals surface area (Å²) >= 11 is 7.04. The molecule has 25 rings (SSSR count). The molecule has 18 aromatic carbocycles. The van der Waals surface area contributed by atoms with Gasteiger partial charge in [0.15, 0.2) is 0 Å². The van der Waals surface area contributed by atoms with Crippen LogP contribution in [0.1, 0.15) is 22.3 Å². The number of nitrogens with one attached hydrogen (secondary N) is 1. The number of fused-ring (bicyclic) bond motifs is 21.